The lowest BCUT2D eigenvalue weighted by atomic mass is 9.85. The molecule has 0 saturated heterocycles. The number of aliphatic hydroxyl groups excluding tert-OH is 2. The fourth-order valence-corrected chi connectivity index (χ4v) is 3.19. The van der Waals surface area contributed by atoms with Crippen molar-refractivity contribution >= 4 is 0 Å². The Kier molecular flexibility index (Phi) is 13.5. The Bertz CT molecular complexity index is 213. The molecular weight excluding hydrogens is 264 g/mol. The molecule has 0 heterocycles. The molecule has 2 unspecified atom stereocenters. The first-order valence-electron chi connectivity index (χ1n) is 9.07. The predicted octanol–water partition coefficient (Wildman–Crippen LogP) is 4.45. The molecule has 0 aromatic carbocycles. The number of aliphatic hydroxyl groups is 2. The highest BCUT2D eigenvalue weighted by Gasteiger charge is 2.31. The number of ether oxygens (including phenoxy) is 1. The van der Waals surface area contributed by atoms with Crippen LogP contribution in [0.2, 0.25) is 0 Å². The first-order chi connectivity index (χ1) is 10.1. The molecule has 0 aromatic heterocycles. The summed E-state index contributed by atoms with van der Waals surface area (Å²) in [6.45, 7) is 6.92. The molecule has 0 fully saturated rings. The maximum Gasteiger partial charge on any atom is 0.0798 e. The molecule has 21 heavy (non-hydrogen) atoms. The summed E-state index contributed by atoms with van der Waals surface area (Å²) in [6.07, 6.45) is 12.0. The maximum absolute atomic E-state index is 9.82. The van der Waals surface area contributed by atoms with Crippen molar-refractivity contribution in [3.8, 4) is 0 Å². The minimum atomic E-state index is -0.660. The number of hydrogen-bond donors (Lipinski definition) is 2. The van der Waals surface area contributed by atoms with Crippen molar-refractivity contribution in [3.05, 3.63) is 0 Å². The Morgan fingerprint density at radius 1 is 0.857 bits per heavy atom. The zero-order valence-corrected chi connectivity index (χ0v) is 14.6. The largest absolute Gasteiger partial charge is 0.394 e. The highest BCUT2D eigenvalue weighted by atomic mass is 16.5. The van der Waals surface area contributed by atoms with Gasteiger partial charge < -0.3 is 14.9 Å². The van der Waals surface area contributed by atoms with E-state index in [-0.39, 0.29) is 12.2 Å². The number of rotatable bonds is 15. The van der Waals surface area contributed by atoms with Gasteiger partial charge in [-0.05, 0) is 19.8 Å². The molecule has 0 amide bonds. The Morgan fingerprint density at radius 3 is 2.00 bits per heavy atom. The van der Waals surface area contributed by atoms with Crippen molar-refractivity contribution in [2.24, 2.45) is 0 Å². The molecule has 128 valence electrons. The maximum atomic E-state index is 9.82. The summed E-state index contributed by atoms with van der Waals surface area (Å²) in [5.41, 5.74) is -0.241. The zero-order chi connectivity index (χ0) is 16.0. The Labute approximate surface area is 132 Å². The van der Waals surface area contributed by atoms with Crippen LogP contribution in [0.15, 0.2) is 0 Å². The van der Waals surface area contributed by atoms with Crippen LogP contribution in [0.1, 0.15) is 91.4 Å². The van der Waals surface area contributed by atoms with Crippen LogP contribution in [0.5, 0.6) is 0 Å². The molecule has 0 bridgehead atoms. The minimum absolute atomic E-state index is 0.171. The highest BCUT2D eigenvalue weighted by Crippen LogP contribution is 2.31. The van der Waals surface area contributed by atoms with Gasteiger partial charge in [0.2, 0.25) is 0 Å². The van der Waals surface area contributed by atoms with Crippen molar-refractivity contribution in [2.45, 2.75) is 103 Å². The molecule has 0 radical (unpaired) electrons. The molecule has 3 heteroatoms. The Balaban J connectivity index is 4.18. The van der Waals surface area contributed by atoms with E-state index < -0.39 is 6.10 Å². The second kappa shape index (κ2) is 13.5. The van der Waals surface area contributed by atoms with Crippen molar-refractivity contribution in [3.63, 3.8) is 0 Å². The molecule has 0 rings (SSSR count). The quantitative estimate of drug-likeness (QED) is 0.439. The van der Waals surface area contributed by atoms with Crippen molar-refractivity contribution in [2.75, 3.05) is 13.2 Å². The van der Waals surface area contributed by atoms with Gasteiger partial charge in [0.25, 0.3) is 0 Å². The van der Waals surface area contributed by atoms with Crippen LogP contribution in [0.3, 0.4) is 0 Å². The summed E-state index contributed by atoms with van der Waals surface area (Å²) >= 11 is 0. The fraction of sp³-hybridized carbons (Fsp3) is 1.00. The minimum Gasteiger partial charge on any atom is -0.394 e. The van der Waals surface area contributed by atoms with E-state index in [1.54, 1.807) is 0 Å². The van der Waals surface area contributed by atoms with Gasteiger partial charge in [0, 0.05) is 13.0 Å². The summed E-state index contributed by atoms with van der Waals surface area (Å²) in [5.74, 6) is 0. The van der Waals surface area contributed by atoms with E-state index in [1.165, 1.54) is 38.5 Å². The van der Waals surface area contributed by atoms with E-state index in [0.29, 0.717) is 13.0 Å². The van der Waals surface area contributed by atoms with E-state index in [1.807, 2.05) is 6.92 Å². The molecule has 2 atom stereocenters. The highest BCUT2D eigenvalue weighted by molar-refractivity contribution is 4.83. The summed E-state index contributed by atoms with van der Waals surface area (Å²) in [6, 6.07) is 0. The first kappa shape index (κ1) is 20.9. The van der Waals surface area contributed by atoms with Gasteiger partial charge in [-0.2, -0.15) is 0 Å². The van der Waals surface area contributed by atoms with Crippen LogP contribution >= 0.6 is 0 Å². The third-order valence-corrected chi connectivity index (χ3v) is 4.21. The SMILES string of the molecule is CCCCCCCCCC(CCC)(CC(O)CO)OCC. The van der Waals surface area contributed by atoms with Crippen molar-refractivity contribution in [1.29, 1.82) is 0 Å². The summed E-state index contributed by atoms with van der Waals surface area (Å²) < 4.78 is 6.02. The van der Waals surface area contributed by atoms with Gasteiger partial charge in [-0.3, -0.25) is 0 Å². The van der Waals surface area contributed by atoms with E-state index in [4.69, 9.17) is 9.84 Å². The van der Waals surface area contributed by atoms with Crippen LogP contribution < -0.4 is 0 Å². The third kappa shape index (κ3) is 10.3. The molecule has 3 nitrogen and oxygen atoms in total. The van der Waals surface area contributed by atoms with Crippen LogP contribution in [0.4, 0.5) is 0 Å². The molecule has 0 aromatic rings. The molecular formula is C18H38O3. The lowest BCUT2D eigenvalue weighted by molar-refractivity contribution is -0.0884. The normalized spacial score (nSPS) is 15.9. The zero-order valence-electron chi connectivity index (χ0n) is 14.6. The van der Waals surface area contributed by atoms with Gasteiger partial charge in [-0.15, -0.1) is 0 Å². The van der Waals surface area contributed by atoms with Gasteiger partial charge in [0.05, 0.1) is 18.3 Å². The standard InChI is InChI=1S/C18H38O3/c1-4-7-8-9-10-11-12-14-18(13-5-2,21-6-3)15-17(20)16-19/h17,19-20H,4-16H2,1-3H3. The fourth-order valence-electron chi connectivity index (χ4n) is 3.19. The van der Waals surface area contributed by atoms with Gasteiger partial charge in [0.1, 0.15) is 0 Å². The lowest BCUT2D eigenvalue weighted by Crippen LogP contribution is -2.38. The number of unbranched alkanes of at least 4 members (excludes halogenated alkanes) is 6. The van der Waals surface area contributed by atoms with Crippen LogP contribution in [0.25, 0.3) is 0 Å². The molecule has 0 spiro atoms. The average Bonchev–Trinajstić information content (AvgIpc) is 2.46. The average molecular weight is 302 g/mol. The van der Waals surface area contributed by atoms with E-state index in [0.717, 1.165) is 25.7 Å². The molecule has 2 N–H and O–H groups in total. The van der Waals surface area contributed by atoms with Gasteiger partial charge in [-0.1, -0.05) is 65.2 Å². The van der Waals surface area contributed by atoms with Crippen molar-refractivity contribution in [1.82, 2.24) is 0 Å². The second-order valence-electron chi connectivity index (χ2n) is 6.28. The van der Waals surface area contributed by atoms with Crippen LogP contribution in [-0.2, 0) is 4.74 Å². The molecule has 0 aliphatic heterocycles. The van der Waals surface area contributed by atoms with E-state index >= 15 is 0 Å². The van der Waals surface area contributed by atoms with E-state index in [9.17, 15) is 5.11 Å². The second-order valence-corrected chi connectivity index (χ2v) is 6.28. The third-order valence-electron chi connectivity index (χ3n) is 4.21. The summed E-state index contributed by atoms with van der Waals surface area (Å²) in [4.78, 5) is 0. The smallest absolute Gasteiger partial charge is 0.0798 e. The Hall–Kier alpha value is -0.120. The Morgan fingerprint density at radius 2 is 1.48 bits per heavy atom. The van der Waals surface area contributed by atoms with Gasteiger partial charge >= 0.3 is 0 Å². The molecule has 0 aliphatic rings. The van der Waals surface area contributed by atoms with Crippen molar-refractivity contribution < 1.29 is 14.9 Å². The molecule has 0 saturated carbocycles. The molecule has 0 aliphatic carbocycles. The number of hydrogen-bond acceptors (Lipinski definition) is 3. The topological polar surface area (TPSA) is 49.7 Å². The van der Waals surface area contributed by atoms with Crippen LogP contribution in [0, 0.1) is 0 Å². The first-order valence-corrected chi connectivity index (χ1v) is 9.07. The summed E-state index contributed by atoms with van der Waals surface area (Å²) in [5, 5.41) is 18.9. The summed E-state index contributed by atoms with van der Waals surface area (Å²) in [7, 11) is 0. The lowest BCUT2D eigenvalue weighted by Gasteiger charge is -2.35. The van der Waals surface area contributed by atoms with Crippen LogP contribution in [-0.4, -0.2) is 35.1 Å². The monoisotopic (exact) mass is 302 g/mol. The predicted molar refractivity (Wildman–Crippen MR) is 89.6 cm³/mol. The van der Waals surface area contributed by atoms with E-state index in [2.05, 4.69) is 13.8 Å². The van der Waals surface area contributed by atoms with Gasteiger partial charge in [-0.25, -0.2) is 0 Å². The van der Waals surface area contributed by atoms with Gasteiger partial charge in [0.15, 0.2) is 0 Å².